The van der Waals surface area contributed by atoms with Crippen LogP contribution in [0.3, 0.4) is 0 Å². The molecular weight excluding hydrogens is 564 g/mol. The molecule has 0 aromatic rings. The second kappa shape index (κ2) is 16.8. The summed E-state index contributed by atoms with van der Waals surface area (Å²) in [6, 6.07) is 0. The molecule has 4 aliphatic rings. The molecule has 256 valence electrons. The maximum Gasteiger partial charge on any atom is 0.0704 e. The molecule has 44 heavy (non-hydrogen) atoms. The molecule has 4 nitrogen and oxygen atoms in total. The van der Waals surface area contributed by atoms with Crippen LogP contribution in [-0.2, 0) is 18.9 Å². The van der Waals surface area contributed by atoms with Crippen LogP contribution in [0.5, 0.6) is 0 Å². The first-order chi connectivity index (χ1) is 20.9. The molecule has 7 unspecified atom stereocenters. The van der Waals surface area contributed by atoms with E-state index in [0.717, 1.165) is 54.3 Å². The Labute approximate surface area is 276 Å². The van der Waals surface area contributed by atoms with Crippen LogP contribution in [0.15, 0.2) is 11.6 Å². The Bertz CT molecular complexity index is 882. The molecule has 4 rings (SSSR count). The topological polar surface area (TPSA) is 36.9 Å². The third-order valence-corrected chi connectivity index (χ3v) is 13.6. The van der Waals surface area contributed by atoms with Gasteiger partial charge in [-0.2, -0.15) is 11.8 Å². The number of fused-ring (bicyclic) bond motifs is 5. The first kappa shape index (κ1) is 36.8. The fourth-order valence-corrected chi connectivity index (χ4v) is 10.8. The summed E-state index contributed by atoms with van der Waals surface area (Å²) < 4.78 is 23.8. The number of ether oxygens (including phenoxy) is 4. The van der Waals surface area contributed by atoms with Gasteiger partial charge in [-0.3, -0.25) is 0 Å². The minimum absolute atomic E-state index is 0.304. The van der Waals surface area contributed by atoms with E-state index in [9.17, 15) is 0 Å². The van der Waals surface area contributed by atoms with Crippen molar-refractivity contribution >= 4 is 11.8 Å². The fourth-order valence-electron chi connectivity index (χ4n) is 10.0. The minimum atomic E-state index is 0.304. The zero-order valence-electron chi connectivity index (χ0n) is 30.1. The van der Waals surface area contributed by atoms with Crippen LogP contribution in [0.25, 0.3) is 0 Å². The Kier molecular flexibility index (Phi) is 14.1. The number of rotatable bonds is 18. The maximum absolute atomic E-state index is 6.36. The molecule has 0 aromatic heterocycles. The summed E-state index contributed by atoms with van der Waals surface area (Å²) >= 11 is 1.94. The van der Waals surface area contributed by atoms with Gasteiger partial charge < -0.3 is 18.9 Å². The first-order valence-corrected chi connectivity index (χ1v) is 19.6. The molecule has 5 heteroatoms. The molecule has 0 N–H and O–H groups in total. The van der Waals surface area contributed by atoms with Gasteiger partial charge in [0, 0.05) is 10.5 Å². The van der Waals surface area contributed by atoms with Crippen LogP contribution in [-0.4, -0.2) is 62.9 Å². The average molecular weight is 635 g/mol. The van der Waals surface area contributed by atoms with E-state index in [2.05, 4.69) is 61.5 Å². The lowest BCUT2D eigenvalue weighted by molar-refractivity contribution is -0.0691. The predicted molar refractivity (Wildman–Crippen MR) is 187 cm³/mol. The number of thioether (sulfide) groups is 1. The highest BCUT2D eigenvalue weighted by Gasteiger charge is 2.59. The normalized spacial score (nSPS) is 34.4. The van der Waals surface area contributed by atoms with Gasteiger partial charge in [-0.25, -0.2) is 0 Å². The molecule has 0 bridgehead atoms. The smallest absolute Gasteiger partial charge is 0.0704 e. The van der Waals surface area contributed by atoms with Crippen molar-refractivity contribution in [3.8, 4) is 0 Å². The highest BCUT2D eigenvalue weighted by Crippen LogP contribution is 2.67. The Hall–Kier alpha value is -0.0700. The Morgan fingerprint density at radius 2 is 1.50 bits per heavy atom. The molecular formula is C39H70O4S. The molecule has 0 saturated heterocycles. The van der Waals surface area contributed by atoms with Crippen LogP contribution >= 0.6 is 11.8 Å². The van der Waals surface area contributed by atoms with E-state index in [0.29, 0.717) is 61.3 Å². The highest BCUT2D eigenvalue weighted by atomic mass is 32.2. The Morgan fingerprint density at radius 1 is 0.818 bits per heavy atom. The van der Waals surface area contributed by atoms with Crippen molar-refractivity contribution in [2.24, 2.45) is 46.3 Å². The van der Waals surface area contributed by atoms with E-state index in [-0.39, 0.29) is 0 Å². The highest BCUT2D eigenvalue weighted by molar-refractivity contribution is 8.00. The molecule has 0 spiro atoms. The maximum atomic E-state index is 6.36. The second-order valence-electron chi connectivity index (χ2n) is 16.8. The van der Waals surface area contributed by atoms with Crippen molar-refractivity contribution in [2.75, 3.05) is 52.0 Å². The van der Waals surface area contributed by atoms with Gasteiger partial charge in [0.1, 0.15) is 0 Å². The summed E-state index contributed by atoms with van der Waals surface area (Å²) in [6.45, 7) is 24.1. The number of allylic oxidation sites excluding steroid dienone is 1. The summed E-state index contributed by atoms with van der Waals surface area (Å²) in [5.74, 6) is 6.43. The molecule has 0 aromatic carbocycles. The van der Waals surface area contributed by atoms with Gasteiger partial charge in [0.2, 0.25) is 0 Å². The lowest BCUT2D eigenvalue weighted by Crippen LogP contribution is -2.51. The van der Waals surface area contributed by atoms with Crippen molar-refractivity contribution in [1.82, 2.24) is 0 Å². The van der Waals surface area contributed by atoms with Crippen molar-refractivity contribution < 1.29 is 18.9 Å². The van der Waals surface area contributed by atoms with Gasteiger partial charge in [-0.05, 0) is 97.7 Å². The summed E-state index contributed by atoms with van der Waals surface area (Å²) in [5, 5.41) is 0. The molecule has 3 fully saturated rings. The molecule has 8 atom stereocenters. The van der Waals surface area contributed by atoms with E-state index in [1.807, 2.05) is 11.8 Å². The van der Waals surface area contributed by atoms with Crippen molar-refractivity contribution in [3.05, 3.63) is 11.6 Å². The van der Waals surface area contributed by atoms with Crippen molar-refractivity contribution in [2.45, 2.75) is 137 Å². The molecule has 0 amide bonds. The summed E-state index contributed by atoms with van der Waals surface area (Å²) in [7, 11) is 0. The summed E-state index contributed by atoms with van der Waals surface area (Å²) in [5.41, 5.74) is 2.70. The lowest BCUT2D eigenvalue weighted by atomic mass is 9.47. The Balaban J connectivity index is 1.12. The molecule has 0 heterocycles. The lowest BCUT2D eigenvalue weighted by Gasteiger charge is -2.58. The summed E-state index contributed by atoms with van der Waals surface area (Å²) in [4.78, 5) is 0. The third kappa shape index (κ3) is 9.74. The minimum Gasteiger partial charge on any atom is -0.378 e. The largest absolute Gasteiger partial charge is 0.378 e. The third-order valence-electron chi connectivity index (χ3n) is 12.3. The zero-order chi connectivity index (χ0) is 31.8. The first-order valence-electron chi connectivity index (χ1n) is 18.6. The quantitative estimate of drug-likeness (QED) is 0.111. The van der Waals surface area contributed by atoms with Crippen molar-refractivity contribution in [3.63, 3.8) is 0 Å². The van der Waals surface area contributed by atoms with E-state index in [4.69, 9.17) is 18.9 Å². The van der Waals surface area contributed by atoms with Gasteiger partial charge in [0.05, 0.1) is 52.4 Å². The van der Waals surface area contributed by atoms with E-state index in [1.54, 1.807) is 5.57 Å². The zero-order valence-corrected chi connectivity index (χ0v) is 30.9. The van der Waals surface area contributed by atoms with E-state index >= 15 is 0 Å². The summed E-state index contributed by atoms with van der Waals surface area (Å²) in [6.07, 6.45) is 18.1. The number of hydrogen-bond donors (Lipinski definition) is 0. The van der Waals surface area contributed by atoms with Gasteiger partial charge in [0.15, 0.2) is 0 Å². The average Bonchev–Trinajstić information content (AvgIpc) is 3.32. The Morgan fingerprint density at radius 3 is 2.18 bits per heavy atom. The van der Waals surface area contributed by atoms with Crippen LogP contribution in [0.4, 0.5) is 0 Å². The van der Waals surface area contributed by atoms with Gasteiger partial charge in [0.25, 0.3) is 0 Å². The molecule has 4 aliphatic carbocycles. The number of hydrogen-bond acceptors (Lipinski definition) is 5. The monoisotopic (exact) mass is 634 g/mol. The molecule has 0 radical (unpaired) electrons. The van der Waals surface area contributed by atoms with Crippen LogP contribution in [0.2, 0.25) is 0 Å². The predicted octanol–water partition coefficient (Wildman–Crippen LogP) is 9.99. The second-order valence-corrected chi connectivity index (χ2v) is 18.7. The van der Waals surface area contributed by atoms with Crippen molar-refractivity contribution in [1.29, 1.82) is 0 Å². The molecule has 3 saturated carbocycles. The van der Waals surface area contributed by atoms with Gasteiger partial charge in [-0.1, -0.05) is 86.3 Å². The SMILES string of the molecule is CC(C)CCCC(C)C1CCC2C3CC=C4C[C@@H](OCCOCCOCCOCCSC(C)(C)C)CCC4(C)C3CCC12C. The van der Waals surface area contributed by atoms with Crippen LogP contribution < -0.4 is 0 Å². The van der Waals surface area contributed by atoms with Crippen LogP contribution in [0, 0.1) is 46.3 Å². The fraction of sp³-hybridized carbons (Fsp3) is 0.949. The van der Waals surface area contributed by atoms with E-state index < -0.39 is 0 Å². The van der Waals surface area contributed by atoms with Crippen LogP contribution in [0.1, 0.15) is 126 Å². The molecule has 0 aliphatic heterocycles. The van der Waals surface area contributed by atoms with E-state index in [1.165, 1.54) is 64.2 Å². The van der Waals surface area contributed by atoms with Gasteiger partial charge in [-0.15, -0.1) is 0 Å². The van der Waals surface area contributed by atoms with Gasteiger partial charge >= 0.3 is 0 Å². The standard InChI is InChI=1S/C39H70O4S/c1-29(2)10-9-11-30(3)34-14-15-35-33-13-12-31-28-32(16-18-38(31,7)36(33)17-19-39(34,35)8)43-25-24-41-21-20-40-22-23-42-26-27-44-37(4,5)6/h12,29-30,32-36H,9-11,13-28H2,1-8H3/t30?,32-,33?,34?,35?,36?,38?,39?/m0/s1.